The summed E-state index contributed by atoms with van der Waals surface area (Å²) in [6, 6.07) is 5.27. The Morgan fingerprint density at radius 1 is 1.00 bits per heavy atom. The van der Waals surface area contributed by atoms with Crippen molar-refractivity contribution in [2.24, 2.45) is 0 Å². The quantitative estimate of drug-likeness (QED) is 0.656. The number of hydrogen-bond donors (Lipinski definition) is 0. The zero-order valence-corrected chi connectivity index (χ0v) is 7.88. The molecule has 0 N–H and O–H groups in total. The van der Waals surface area contributed by atoms with Crippen molar-refractivity contribution in [1.29, 1.82) is 0 Å². The Labute approximate surface area is 85.7 Å². The molecule has 0 saturated carbocycles. The van der Waals surface area contributed by atoms with Crippen LogP contribution in [-0.2, 0) is 6.18 Å². The summed E-state index contributed by atoms with van der Waals surface area (Å²) in [5.41, 5.74) is 1.31. The normalized spacial score (nSPS) is 15.5. The van der Waals surface area contributed by atoms with Gasteiger partial charge in [0.25, 0.3) is 0 Å². The van der Waals surface area contributed by atoms with Gasteiger partial charge in [-0.2, -0.15) is 13.2 Å². The molecular formula is C12H9F3. The summed E-state index contributed by atoms with van der Waals surface area (Å²) in [6.07, 6.45) is 2.36. The van der Waals surface area contributed by atoms with Crippen LogP contribution in [0.25, 0.3) is 5.57 Å². The second-order valence-electron chi connectivity index (χ2n) is 3.40. The molecule has 78 valence electrons. The van der Waals surface area contributed by atoms with E-state index in [1.165, 1.54) is 12.1 Å². The lowest BCUT2D eigenvalue weighted by molar-refractivity contribution is -0.137. The van der Waals surface area contributed by atoms with Crippen molar-refractivity contribution < 1.29 is 13.2 Å². The van der Waals surface area contributed by atoms with Crippen LogP contribution in [-0.4, -0.2) is 0 Å². The van der Waals surface area contributed by atoms with Crippen LogP contribution in [0.2, 0.25) is 0 Å². The van der Waals surface area contributed by atoms with Crippen LogP contribution in [0.3, 0.4) is 0 Å². The topological polar surface area (TPSA) is 0 Å². The van der Waals surface area contributed by atoms with E-state index in [4.69, 9.17) is 0 Å². The van der Waals surface area contributed by atoms with Gasteiger partial charge in [-0.3, -0.25) is 0 Å². The highest BCUT2D eigenvalue weighted by molar-refractivity contribution is 5.70. The van der Waals surface area contributed by atoms with Crippen molar-refractivity contribution in [1.82, 2.24) is 0 Å². The van der Waals surface area contributed by atoms with E-state index in [1.807, 2.05) is 18.2 Å². The predicted octanol–water partition coefficient (Wildman–Crippen LogP) is 4.05. The van der Waals surface area contributed by atoms with Crippen LogP contribution in [0.5, 0.6) is 0 Å². The van der Waals surface area contributed by atoms with Crippen LogP contribution < -0.4 is 0 Å². The van der Waals surface area contributed by atoms with Gasteiger partial charge in [0.2, 0.25) is 0 Å². The molecule has 2 rings (SSSR count). The first-order chi connectivity index (χ1) is 7.07. The van der Waals surface area contributed by atoms with E-state index in [0.717, 1.165) is 29.7 Å². The van der Waals surface area contributed by atoms with Gasteiger partial charge >= 0.3 is 6.18 Å². The van der Waals surface area contributed by atoms with Crippen molar-refractivity contribution in [2.75, 3.05) is 0 Å². The van der Waals surface area contributed by atoms with Crippen molar-refractivity contribution in [3.05, 3.63) is 53.6 Å². The van der Waals surface area contributed by atoms with E-state index in [9.17, 15) is 13.2 Å². The molecule has 0 nitrogen and oxygen atoms in total. The van der Waals surface area contributed by atoms with Crippen LogP contribution in [0.4, 0.5) is 13.2 Å². The minimum atomic E-state index is -4.25. The number of benzene rings is 1. The first-order valence-electron chi connectivity index (χ1n) is 4.61. The van der Waals surface area contributed by atoms with Crippen molar-refractivity contribution >= 4 is 5.57 Å². The van der Waals surface area contributed by atoms with Crippen molar-refractivity contribution in [2.45, 2.75) is 12.6 Å². The summed E-state index contributed by atoms with van der Waals surface area (Å²) < 4.78 is 36.8. The molecule has 1 aliphatic carbocycles. The molecule has 0 amide bonds. The van der Waals surface area contributed by atoms with Gasteiger partial charge in [0.05, 0.1) is 5.56 Å². The summed E-state index contributed by atoms with van der Waals surface area (Å²) >= 11 is 0. The number of halogens is 3. The van der Waals surface area contributed by atoms with Crippen LogP contribution in [0.1, 0.15) is 17.5 Å². The second-order valence-corrected chi connectivity index (χ2v) is 3.40. The Bertz CT molecular complexity index is 407. The van der Waals surface area contributed by atoms with Gasteiger partial charge < -0.3 is 0 Å². The van der Waals surface area contributed by atoms with E-state index in [-0.39, 0.29) is 0 Å². The molecule has 0 saturated heterocycles. The lowest BCUT2D eigenvalue weighted by Gasteiger charge is -2.07. The molecule has 1 aromatic rings. The SMILES string of the molecule is FC(F)(F)c1ccc(C2=CC=CC2)cc1. The Morgan fingerprint density at radius 2 is 1.67 bits per heavy atom. The fraction of sp³-hybridized carbons (Fsp3) is 0.167. The Morgan fingerprint density at radius 3 is 2.13 bits per heavy atom. The molecule has 0 heterocycles. The van der Waals surface area contributed by atoms with Gasteiger partial charge in [-0.1, -0.05) is 30.4 Å². The average molecular weight is 210 g/mol. The standard InChI is InChI=1S/C12H9F3/c13-12(14,15)11-7-5-10(6-8-11)9-3-1-2-4-9/h1-3,5-8H,4H2. The highest BCUT2D eigenvalue weighted by Crippen LogP contribution is 2.31. The predicted molar refractivity (Wildman–Crippen MR) is 53.2 cm³/mol. The summed E-state index contributed by atoms with van der Waals surface area (Å²) in [5, 5.41) is 0. The maximum Gasteiger partial charge on any atom is 0.416 e. The first-order valence-corrected chi connectivity index (χ1v) is 4.61. The summed E-state index contributed by atoms with van der Waals surface area (Å²) in [5.74, 6) is 0. The minimum Gasteiger partial charge on any atom is -0.166 e. The van der Waals surface area contributed by atoms with Gasteiger partial charge in [-0.15, -0.1) is 0 Å². The molecule has 0 unspecified atom stereocenters. The largest absolute Gasteiger partial charge is 0.416 e. The third-order valence-electron chi connectivity index (χ3n) is 2.35. The van der Waals surface area contributed by atoms with Gasteiger partial charge in [0.1, 0.15) is 0 Å². The molecule has 0 spiro atoms. The fourth-order valence-corrected chi connectivity index (χ4v) is 1.53. The molecule has 0 aromatic heterocycles. The monoisotopic (exact) mass is 210 g/mol. The number of rotatable bonds is 1. The van der Waals surface area contributed by atoms with Crippen molar-refractivity contribution in [3.8, 4) is 0 Å². The molecule has 0 atom stereocenters. The second kappa shape index (κ2) is 3.57. The zero-order valence-electron chi connectivity index (χ0n) is 7.88. The third-order valence-corrected chi connectivity index (χ3v) is 2.35. The molecule has 0 fully saturated rings. The Hall–Kier alpha value is -1.51. The highest BCUT2D eigenvalue weighted by atomic mass is 19.4. The van der Waals surface area contributed by atoms with E-state index in [1.54, 1.807) is 0 Å². The van der Waals surface area contributed by atoms with Gasteiger partial charge in [-0.05, 0) is 29.7 Å². The lowest BCUT2D eigenvalue weighted by Crippen LogP contribution is -2.04. The first kappa shape index (κ1) is 10.0. The molecule has 1 aliphatic rings. The van der Waals surface area contributed by atoms with Gasteiger partial charge in [0, 0.05) is 0 Å². The van der Waals surface area contributed by atoms with Crippen LogP contribution in [0.15, 0.2) is 42.5 Å². The molecule has 3 heteroatoms. The van der Waals surface area contributed by atoms with Crippen LogP contribution >= 0.6 is 0 Å². The zero-order chi connectivity index (χ0) is 10.9. The summed E-state index contributed by atoms with van der Waals surface area (Å²) in [6.45, 7) is 0. The van der Waals surface area contributed by atoms with Gasteiger partial charge in [-0.25, -0.2) is 0 Å². The lowest BCUT2D eigenvalue weighted by atomic mass is 10.0. The van der Waals surface area contributed by atoms with Crippen LogP contribution in [0, 0.1) is 0 Å². The maximum atomic E-state index is 12.3. The molecule has 0 bridgehead atoms. The van der Waals surface area contributed by atoms with E-state index in [0.29, 0.717) is 0 Å². The summed E-state index contributed by atoms with van der Waals surface area (Å²) in [7, 11) is 0. The molecular weight excluding hydrogens is 201 g/mol. The molecule has 15 heavy (non-hydrogen) atoms. The fourth-order valence-electron chi connectivity index (χ4n) is 1.53. The average Bonchev–Trinajstić information content (AvgIpc) is 2.69. The number of hydrogen-bond acceptors (Lipinski definition) is 0. The molecule has 0 aliphatic heterocycles. The van der Waals surface area contributed by atoms with Gasteiger partial charge in [0.15, 0.2) is 0 Å². The van der Waals surface area contributed by atoms with E-state index >= 15 is 0 Å². The smallest absolute Gasteiger partial charge is 0.166 e. The van der Waals surface area contributed by atoms with E-state index < -0.39 is 11.7 Å². The van der Waals surface area contributed by atoms with E-state index in [2.05, 4.69) is 0 Å². The Kier molecular flexibility index (Phi) is 2.39. The molecule has 1 aromatic carbocycles. The summed E-state index contributed by atoms with van der Waals surface area (Å²) in [4.78, 5) is 0. The van der Waals surface area contributed by atoms with Crippen molar-refractivity contribution in [3.63, 3.8) is 0 Å². The minimum absolute atomic E-state index is 0.599. The third kappa shape index (κ3) is 2.12. The highest BCUT2D eigenvalue weighted by Gasteiger charge is 2.29. The number of alkyl halides is 3. The molecule has 0 radical (unpaired) electrons. The maximum absolute atomic E-state index is 12.3. The number of allylic oxidation sites excluding steroid dienone is 4. The Balaban J connectivity index is 2.25.